The SMILES string of the molecule is CCN1C(=O)c2c(O)c(=O)c(C(=O)CCc3nccc(Cl)c3F)cn2N2CCCC[C@@H]12. The van der Waals surface area contributed by atoms with Crippen molar-refractivity contribution < 1.29 is 19.1 Å². The van der Waals surface area contributed by atoms with Gasteiger partial charge in [0.05, 0.1) is 16.3 Å². The lowest BCUT2D eigenvalue weighted by molar-refractivity contribution is 0.0534. The summed E-state index contributed by atoms with van der Waals surface area (Å²) in [6, 6.07) is 1.31. The third-order valence-electron chi connectivity index (χ3n) is 5.85. The minimum Gasteiger partial charge on any atom is -0.502 e. The Labute approximate surface area is 182 Å². The second kappa shape index (κ2) is 8.30. The highest BCUT2D eigenvalue weighted by atomic mass is 35.5. The van der Waals surface area contributed by atoms with E-state index in [1.54, 1.807) is 4.90 Å². The van der Waals surface area contributed by atoms with E-state index < -0.39 is 28.7 Å². The molecule has 4 heterocycles. The number of Topliss-reactive ketones (excluding diaryl/α,β-unsaturated/α-hetero) is 1. The third-order valence-corrected chi connectivity index (χ3v) is 6.14. The number of carbonyl (C=O) groups excluding carboxylic acids is 2. The Bertz CT molecular complexity index is 1120. The van der Waals surface area contributed by atoms with Crippen LogP contribution >= 0.6 is 11.6 Å². The zero-order valence-corrected chi connectivity index (χ0v) is 17.7. The van der Waals surface area contributed by atoms with Crippen molar-refractivity contribution in [3.05, 3.63) is 56.5 Å². The standard InChI is InChI=1S/C21H22ClFN4O4/c1-2-25-16-5-3-4-10-26(16)27-11-12(19(29)20(30)18(27)21(25)31)15(28)7-6-14-17(23)13(22)8-9-24-14/h8-9,11,16,30H,2-7,10H2,1H3/t16-/m0/s1. The molecule has 164 valence electrons. The second-order valence-electron chi connectivity index (χ2n) is 7.62. The molecule has 0 saturated carbocycles. The fraction of sp³-hybridized carbons (Fsp3) is 0.429. The Morgan fingerprint density at radius 3 is 2.87 bits per heavy atom. The van der Waals surface area contributed by atoms with Gasteiger partial charge in [-0.1, -0.05) is 11.6 Å². The van der Waals surface area contributed by atoms with E-state index >= 15 is 0 Å². The van der Waals surface area contributed by atoms with Gasteiger partial charge in [0, 0.05) is 31.9 Å². The molecule has 2 aliphatic heterocycles. The van der Waals surface area contributed by atoms with Crippen LogP contribution in [0.3, 0.4) is 0 Å². The average molecular weight is 449 g/mol. The Morgan fingerprint density at radius 2 is 2.13 bits per heavy atom. The molecule has 1 fully saturated rings. The molecule has 0 aliphatic carbocycles. The van der Waals surface area contributed by atoms with Gasteiger partial charge in [-0.05, 0) is 38.7 Å². The summed E-state index contributed by atoms with van der Waals surface area (Å²) in [6.07, 6.45) is 4.81. The van der Waals surface area contributed by atoms with Gasteiger partial charge < -0.3 is 10.0 Å². The maximum Gasteiger partial charge on any atom is 0.278 e. The number of ketones is 1. The molecule has 2 aliphatic rings. The molecule has 31 heavy (non-hydrogen) atoms. The van der Waals surface area contributed by atoms with Gasteiger partial charge in [-0.25, -0.2) is 4.39 Å². The van der Waals surface area contributed by atoms with Crippen molar-refractivity contribution in [1.82, 2.24) is 14.6 Å². The number of aromatic nitrogens is 2. The average Bonchev–Trinajstić information content (AvgIpc) is 2.77. The number of fused-ring (bicyclic) bond motifs is 3. The molecule has 1 N–H and O–H groups in total. The first-order valence-corrected chi connectivity index (χ1v) is 10.6. The van der Waals surface area contributed by atoms with Crippen LogP contribution in [-0.4, -0.2) is 50.6 Å². The van der Waals surface area contributed by atoms with Crippen molar-refractivity contribution in [1.29, 1.82) is 0 Å². The van der Waals surface area contributed by atoms with E-state index in [9.17, 15) is 23.9 Å². The Morgan fingerprint density at radius 1 is 1.35 bits per heavy atom. The molecular weight excluding hydrogens is 427 g/mol. The van der Waals surface area contributed by atoms with Gasteiger partial charge in [0.25, 0.3) is 5.91 Å². The molecule has 1 atom stereocenters. The van der Waals surface area contributed by atoms with Crippen LogP contribution in [0.1, 0.15) is 59.1 Å². The molecule has 2 aromatic rings. The van der Waals surface area contributed by atoms with Crippen molar-refractivity contribution in [2.45, 2.75) is 45.2 Å². The number of halogens is 2. The summed E-state index contributed by atoms with van der Waals surface area (Å²) in [5.74, 6) is -2.46. The van der Waals surface area contributed by atoms with Crippen molar-refractivity contribution in [3.63, 3.8) is 0 Å². The smallest absolute Gasteiger partial charge is 0.278 e. The normalized spacial score (nSPS) is 18.0. The van der Waals surface area contributed by atoms with Crippen LogP contribution in [0.2, 0.25) is 5.02 Å². The summed E-state index contributed by atoms with van der Waals surface area (Å²) in [4.78, 5) is 44.0. The van der Waals surface area contributed by atoms with Crippen LogP contribution in [0.5, 0.6) is 5.75 Å². The van der Waals surface area contributed by atoms with Gasteiger partial charge >= 0.3 is 0 Å². The van der Waals surface area contributed by atoms with Crippen LogP contribution in [0.4, 0.5) is 4.39 Å². The molecule has 1 saturated heterocycles. The van der Waals surface area contributed by atoms with Gasteiger partial charge in [-0.3, -0.25) is 29.1 Å². The molecule has 1 amide bonds. The van der Waals surface area contributed by atoms with E-state index in [2.05, 4.69) is 4.98 Å². The molecular formula is C21H22ClFN4O4. The summed E-state index contributed by atoms with van der Waals surface area (Å²) in [6.45, 7) is 2.90. The first-order chi connectivity index (χ1) is 14.8. The van der Waals surface area contributed by atoms with Crippen molar-refractivity contribution in [2.75, 3.05) is 18.1 Å². The largest absolute Gasteiger partial charge is 0.502 e. The Hall–Kier alpha value is -2.94. The van der Waals surface area contributed by atoms with Gasteiger partial charge in [-0.2, -0.15) is 0 Å². The Kier molecular flexibility index (Phi) is 5.70. The molecule has 8 nitrogen and oxygen atoms in total. The quantitative estimate of drug-likeness (QED) is 0.706. The highest BCUT2D eigenvalue weighted by molar-refractivity contribution is 6.30. The summed E-state index contributed by atoms with van der Waals surface area (Å²) >= 11 is 5.75. The first-order valence-electron chi connectivity index (χ1n) is 10.2. The van der Waals surface area contributed by atoms with Crippen LogP contribution in [0.25, 0.3) is 0 Å². The van der Waals surface area contributed by atoms with Gasteiger partial charge in [-0.15, -0.1) is 0 Å². The van der Waals surface area contributed by atoms with Crippen molar-refractivity contribution in [3.8, 4) is 5.75 Å². The Balaban J connectivity index is 1.70. The lowest BCUT2D eigenvalue weighted by Gasteiger charge is -2.48. The van der Waals surface area contributed by atoms with E-state index in [0.717, 1.165) is 19.3 Å². The number of carbonyl (C=O) groups is 2. The highest BCUT2D eigenvalue weighted by Gasteiger charge is 2.40. The molecule has 0 aromatic carbocycles. The van der Waals surface area contributed by atoms with Gasteiger partial charge in [0.15, 0.2) is 23.0 Å². The fourth-order valence-corrected chi connectivity index (χ4v) is 4.45. The number of hydrogen-bond acceptors (Lipinski definition) is 6. The summed E-state index contributed by atoms with van der Waals surface area (Å²) in [5, 5.41) is 12.4. The maximum atomic E-state index is 14.1. The van der Waals surface area contributed by atoms with E-state index in [1.165, 1.54) is 23.1 Å². The highest BCUT2D eigenvalue weighted by Crippen LogP contribution is 2.29. The minimum absolute atomic E-state index is 0.0213. The topological polar surface area (TPSA) is 95.7 Å². The lowest BCUT2D eigenvalue weighted by Crippen LogP contribution is -2.63. The molecule has 0 bridgehead atoms. The summed E-state index contributed by atoms with van der Waals surface area (Å²) in [5.41, 5.74) is -1.27. The predicted molar refractivity (Wildman–Crippen MR) is 112 cm³/mol. The molecule has 10 heteroatoms. The second-order valence-corrected chi connectivity index (χ2v) is 8.03. The molecule has 0 spiro atoms. The van der Waals surface area contributed by atoms with E-state index in [-0.39, 0.29) is 41.0 Å². The van der Waals surface area contributed by atoms with E-state index in [0.29, 0.717) is 13.1 Å². The number of aryl methyl sites for hydroxylation is 1. The van der Waals surface area contributed by atoms with Crippen molar-refractivity contribution >= 4 is 23.3 Å². The van der Waals surface area contributed by atoms with E-state index in [1.807, 2.05) is 11.9 Å². The molecule has 4 rings (SSSR count). The van der Waals surface area contributed by atoms with Crippen molar-refractivity contribution in [2.24, 2.45) is 0 Å². The number of aromatic hydroxyl groups is 1. The van der Waals surface area contributed by atoms with E-state index in [4.69, 9.17) is 11.6 Å². The zero-order chi connectivity index (χ0) is 22.3. The monoisotopic (exact) mass is 448 g/mol. The van der Waals surface area contributed by atoms with Crippen LogP contribution < -0.4 is 10.4 Å². The molecule has 0 radical (unpaired) electrons. The number of pyridine rings is 2. The maximum absolute atomic E-state index is 14.1. The summed E-state index contributed by atoms with van der Waals surface area (Å²) in [7, 11) is 0. The molecule has 2 aromatic heterocycles. The lowest BCUT2D eigenvalue weighted by atomic mass is 10.0. The zero-order valence-electron chi connectivity index (χ0n) is 17.0. The third kappa shape index (κ3) is 3.56. The fourth-order valence-electron chi connectivity index (χ4n) is 4.28. The van der Waals surface area contributed by atoms with Crippen LogP contribution in [-0.2, 0) is 6.42 Å². The summed E-state index contributed by atoms with van der Waals surface area (Å²) < 4.78 is 15.5. The van der Waals surface area contributed by atoms with Crippen LogP contribution in [0.15, 0.2) is 23.3 Å². The number of amides is 1. The van der Waals surface area contributed by atoms with Gasteiger partial charge in [0.2, 0.25) is 5.43 Å². The van der Waals surface area contributed by atoms with Gasteiger partial charge in [0.1, 0.15) is 6.17 Å². The minimum atomic E-state index is -0.907. The number of nitrogens with zero attached hydrogens (tertiary/aromatic N) is 4. The first kappa shape index (κ1) is 21.3. The number of piperidine rings is 1. The number of rotatable bonds is 5. The predicted octanol–water partition coefficient (Wildman–Crippen LogP) is 2.48. The number of hydrogen-bond donors (Lipinski definition) is 1. The molecule has 0 unspecified atom stereocenters. The van der Waals surface area contributed by atoms with Crippen LogP contribution in [0, 0.1) is 5.82 Å².